The summed E-state index contributed by atoms with van der Waals surface area (Å²) in [5.41, 5.74) is 1.11. The van der Waals surface area contributed by atoms with Crippen molar-refractivity contribution < 1.29 is 15.0 Å². The molecule has 0 spiro atoms. The normalized spacial score (nSPS) is 13.4. The highest BCUT2D eigenvalue weighted by Crippen LogP contribution is 2.18. The lowest BCUT2D eigenvalue weighted by Gasteiger charge is -2.12. The number of carbonyl (C=O) groups is 1. The summed E-state index contributed by atoms with van der Waals surface area (Å²) in [4.78, 5) is 11.5. The summed E-state index contributed by atoms with van der Waals surface area (Å²) in [6, 6.07) is 9.93. The Kier molecular flexibility index (Phi) is 14.6. The fraction of sp³-hybridized carbons (Fsp3) is 0.720. The zero-order valence-electron chi connectivity index (χ0n) is 18.0. The van der Waals surface area contributed by atoms with Crippen LogP contribution in [0.3, 0.4) is 0 Å². The van der Waals surface area contributed by atoms with E-state index in [0.29, 0.717) is 6.42 Å². The molecular weight excluding hydrogens is 348 g/mol. The van der Waals surface area contributed by atoms with Crippen molar-refractivity contribution in [2.75, 3.05) is 0 Å². The molecule has 0 fully saturated rings. The summed E-state index contributed by atoms with van der Waals surface area (Å²) in [5.74, 6) is -0.932. The Balaban J connectivity index is 1.98. The summed E-state index contributed by atoms with van der Waals surface area (Å²) in [5, 5.41) is 19.4. The van der Waals surface area contributed by atoms with Crippen LogP contribution >= 0.6 is 0 Å². The maximum atomic E-state index is 11.5. The molecule has 1 aromatic rings. The Hall–Kier alpha value is -1.35. The Morgan fingerprint density at radius 1 is 0.786 bits per heavy atom. The van der Waals surface area contributed by atoms with E-state index < -0.39 is 5.97 Å². The third kappa shape index (κ3) is 12.9. The third-order valence-electron chi connectivity index (χ3n) is 5.66. The average Bonchev–Trinajstić information content (AvgIpc) is 2.69. The van der Waals surface area contributed by atoms with Crippen molar-refractivity contribution in [3.05, 3.63) is 35.9 Å². The third-order valence-corrected chi connectivity index (χ3v) is 5.66. The van der Waals surface area contributed by atoms with E-state index >= 15 is 0 Å². The maximum absolute atomic E-state index is 11.5. The fourth-order valence-corrected chi connectivity index (χ4v) is 3.82. The second-order valence-corrected chi connectivity index (χ2v) is 8.28. The Bertz CT molecular complexity index is 486. The molecule has 0 saturated carbocycles. The lowest BCUT2D eigenvalue weighted by atomic mass is 9.93. The van der Waals surface area contributed by atoms with Crippen LogP contribution in [0, 0.1) is 5.92 Å². The van der Waals surface area contributed by atoms with Gasteiger partial charge in [-0.2, -0.15) is 0 Å². The van der Waals surface area contributed by atoms with Gasteiger partial charge in [0.1, 0.15) is 0 Å². The van der Waals surface area contributed by atoms with E-state index in [1.165, 1.54) is 44.9 Å². The number of hydrogen-bond donors (Lipinski definition) is 2. The van der Waals surface area contributed by atoms with E-state index in [1.807, 2.05) is 30.3 Å². The number of carboxylic acids is 1. The number of carboxylic acid groups (broad SMARTS) is 1. The van der Waals surface area contributed by atoms with Crippen LogP contribution in [-0.4, -0.2) is 22.3 Å². The van der Waals surface area contributed by atoms with Gasteiger partial charge in [-0.25, -0.2) is 0 Å². The molecule has 0 aromatic heterocycles. The van der Waals surface area contributed by atoms with Crippen LogP contribution in [0.4, 0.5) is 0 Å². The van der Waals surface area contributed by atoms with Crippen LogP contribution in [0.15, 0.2) is 30.3 Å². The Labute approximate surface area is 172 Å². The first-order valence-corrected chi connectivity index (χ1v) is 11.6. The minimum atomic E-state index is -0.669. The van der Waals surface area contributed by atoms with Gasteiger partial charge in [-0.1, -0.05) is 108 Å². The molecule has 0 aliphatic carbocycles. The van der Waals surface area contributed by atoms with Crippen molar-refractivity contribution in [3.8, 4) is 0 Å². The molecule has 2 unspecified atom stereocenters. The van der Waals surface area contributed by atoms with Gasteiger partial charge in [0.25, 0.3) is 0 Å². The molecule has 0 radical (unpaired) electrons. The number of benzene rings is 1. The van der Waals surface area contributed by atoms with Crippen LogP contribution in [0.25, 0.3) is 0 Å². The molecule has 0 bridgehead atoms. The second kappa shape index (κ2) is 16.6. The number of unbranched alkanes of at least 4 members (excludes halogenated alkanes) is 9. The monoisotopic (exact) mass is 390 g/mol. The van der Waals surface area contributed by atoms with Gasteiger partial charge in [0.05, 0.1) is 12.0 Å². The number of aliphatic hydroxyl groups is 1. The molecule has 0 amide bonds. The molecule has 1 rings (SSSR count). The van der Waals surface area contributed by atoms with Crippen LogP contribution in [-0.2, 0) is 11.2 Å². The summed E-state index contributed by atoms with van der Waals surface area (Å²) in [7, 11) is 0. The van der Waals surface area contributed by atoms with Gasteiger partial charge in [0.15, 0.2) is 0 Å². The standard InChI is InChI=1S/C25H42O3/c1-2-3-4-14-19-24(26)20-15-9-7-5-6-8-13-18-23(25(27)28)21-22-16-11-10-12-17-22/h10-12,16-17,23-24,26H,2-9,13-15,18-21H2,1H3,(H,27,28). The highest BCUT2D eigenvalue weighted by atomic mass is 16.4. The molecule has 0 aliphatic rings. The quantitative estimate of drug-likeness (QED) is 0.272. The Morgan fingerprint density at radius 2 is 1.29 bits per heavy atom. The van der Waals surface area contributed by atoms with E-state index in [-0.39, 0.29) is 12.0 Å². The largest absolute Gasteiger partial charge is 0.481 e. The molecule has 2 N–H and O–H groups in total. The summed E-state index contributed by atoms with van der Waals surface area (Å²) < 4.78 is 0. The predicted octanol–water partition coefficient (Wildman–Crippen LogP) is 6.77. The lowest BCUT2D eigenvalue weighted by molar-refractivity contribution is -0.142. The van der Waals surface area contributed by atoms with Gasteiger partial charge in [0, 0.05) is 0 Å². The molecule has 3 heteroatoms. The van der Waals surface area contributed by atoms with E-state index in [4.69, 9.17) is 0 Å². The molecule has 28 heavy (non-hydrogen) atoms. The maximum Gasteiger partial charge on any atom is 0.306 e. The highest BCUT2D eigenvalue weighted by Gasteiger charge is 2.17. The van der Waals surface area contributed by atoms with E-state index in [1.54, 1.807) is 0 Å². The van der Waals surface area contributed by atoms with Crippen LogP contribution in [0.2, 0.25) is 0 Å². The van der Waals surface area contributed by atoms with E-state index in [9.17, 15) is 15.0 Å². The van der Waals surface area contributed by atoms with E-state index in [0.717, 1.165) is 50.5 Å². The van der Waals surface area contributed by atoms with Crippen molar-refractivity contribution >= 4 is 5.97 Å². The number of hydrogen-bond acceptors (Lipinski definition) is 2. The zero-order chi connectivity index (χ0) is 20.5. The molecule has 3 nitrogen and oxygen atoms in total. The molecule has 0 heterocycles. The number of rotatable bonds is 18. The zero-order valence-corrected chi connectivity index (χ0v) is 18.0. The van der Waals surface area contributed by atoms with Gasteiger partial charge < -0.3 is 10.2 Å². The molecule has 1 aromatic carbocycles. The average molecular weight is 391 g/mol. The van der Waals surface area contributed by atoms with Crippen molar-refractivity contribution in [2.24, 2.45) is 5.92 Å². The first-order valence-electron chi connectivity index (χ1n) is 11.6. The lowest BCUT2D eigenvalue weighted by Crippen LogP contribution is -2.16. The van der Waals surface area contributed by atoms with Crippen molar-refractivity contribution in [1.29, 1.82) is 0 Å². The fourth-order valence-electron chi connectivity index (χ4n) is 3.82. The SMILES string of the molecule is CCCCCCC(O)CCCCCCCCCC(Cc1ccccc1)C(=O)O. The minimum Gasteiger partial charge on any atom is -0.481 e. The number of aliphatic hydroxyl groups excluding tert-OH is 1. The van der Waals surface area contributed by atoms with Crippen LogP contribution in [0.1, 0.15) is 102 Å². The van der Waals surface area contributed by atoms with Crippen molar-refractivity contribution in [1.82, 2.24) is 0 Å². The van der Waals surface area contributed by atoms with Crippen molar-refractivity contribution in [3.63, 3.8) is 0 Å². The highest BCUT2D eigenvalue weighted by molar-refractivity contribution is 5.70. The molecule has 160 valence electrons. The van der Waals surface area contributed by atoms with Gasteiger partial charge in [-0.3, -0.25) is 4.79 Å². The van der Waals surface area contributed by atoms with E-state index in [2.05, 4.69) is 6.92 Å². The van der Waals surface area contributed by atoms with Gasteiger partial charge >= 0.3 is 5.97 Å². The topological polar surface area (TPSA) is 57.5 Å². The second-order valence-electron chi connectivity index (χ2n) is 8.28. The Morgan fingerprint density at radius 3 is 1.82 bits per heavy atom. The smallest absolute Gasteiger partial charge is 0.306 e. The van der Waals surface area contributed by atoms with Gasteiger partial charge in [-0.05, 0) is 31.2 Å². The van der Waals surface area contributed by atoms with Gasteiger partial charge in [0.2, 0.25) is 0 Å². The number of aliphatic carboxylic acids is 1. The van der Waals surface area contributed by atoms with Crippen LogP contribution in [0.5, 0.6) is 0 Å². The molecular formula is C25H42O3. The summed E-state index contributed by atoms with van der Waals surface area (Å²) in [6.45, 7) is 2.21. The van der Waals surface area contributed by atoms with Crippen LogP contribution < -0.4 is 0 Å². The molecule has 2 atom stereocenters. The van der Waals surface area contributed by atoms with Gasteiger partial charge in [-0.15, -0.1) is 0 Å². The first kappa shape index (κ1) is 24.7. The molecule has 0 saturated heterocycles. The first-order chi connectivity index (χ1) is 13.6. The molecule has 0 aliphatic heterocycles. The minimum absolute atomic E-state index is 0.102. The van der Waals surface area contributed by atoms with Crippen molar-refractivity contribution in [2.45, 2.75) is 109 Å². The summed E-state index contributed by atoms with van der Waals surface area (Å²) >= 11 is 0. The summed E-state index contributed by atoms with van der Waals surface area (Å²) in [6.07, 6.45) is 16.3. The predicted molar refractivity (Wildman–Crippen MR) is 118 cm³/mol.